The number of rotatable bonds is 4. The molecule has 2 aromatic carbocycles. The van der Waals surface area contributed by atoms with Crippen molar-refractivity contribution in [3.05, 3.63) is 83.2 Å². The predicted octanol–water partition coefficient (Wildman–Crippen LogP) is 6.89. The fourth-order valence-electron chi connectivity index (χ4n) is 4.40. The van der Waals surface area contributed by atoms with Crippen molar-refractivity contribution >= 4 is 52.4 Å². The molecule has 3 aromatic rings. The number of para-hydroxylation sites is 1. The molecule has 2 heterocycles. The van der Waals surface area contributed by atoms with Gasteiger partial charge in [-0.3, -0.25) is 0 Å². The Bertz CT molecular complexity index is 1160. The van der Waals surface area contributed by atoms with E-state index in [1.807, 2.05) is 0 Å². The second kappa shape index (κ2) is 9.43. The van der Waals surface area contributed by atoms with E-state index in [1.54, 1.807) is 7.11 Å². The molecule has 0 radical (unpaired) electrons. The molecule has 1 aliphatic rings. The van der Waals surface area contributed by atoms with Crippen LogP contribution in [0.25, 0.3) is 22.7 Å². The Morgan fingerprint density at radius 2 is 1.71 bits per heavy atom. The maximum absolute atomic E-state index is 6.08. The summed E-state index contributed by atoms with van der Waals surface area (Å²) in [5, 5.41) is 1.20. The van der Waals surface area contributed by atoms with Gasteiger partial charge in [0, 0.05) is 29.4 Å². The number of aryl methyl sites for hydroxylation is 1. The first-order valence-corrected chi connectivity index (χ1v) is 10.7. The summed E-state index contributed by atoms with van der Waals surface area (Å²) in [5.74, 6) is 0.901. The number of pyridine rings is 1. The van der Waals surface area contributed by atoms with Gasteiger partial charge in [0.25, 0.3) is 0 Å². The number of hydrogen-bond acceptors (Lipinski definition) is 2. The van der Waals surface area contributed by atoms with Gasteiger partial charge in [-0.2, -0.15) is 4.57 Å². The normalized spacial score (nSPS) is 14.6. The predicted molar refractivity (Wildman–Crippen MR) is 142 cm³/mol. The van der Waals surface area contributed by atoms with Crippen molar-refractivity contribution in [1.82, 2.24) is 0 Å². The zero-order valence-corrected chi connectivity index (χ0v) is 21.5. The number of benzene rings is 2. The third-order valence-corrected chi connectivity index (χ3v) is 5.75. The zero-order valence-electron chi connectivity index (χ0n) is 19.2. The van der Waals surface area contributed by atoms with Crippen LogP contribution in [0.1, 0.15) is 50.4 Å². The molecule has 1 aromatic heterocycles. The summed E-state index contributed by atoms with van der Waals surface area (Å²) >= 11 is 0. The second-order valence-corrected chi connectivity index (χ2v) is 8.53. The third kappa shape index (κ3) is 4.22. The van der Waals surface area contributed by atoms with E-state index < -0.39 is 0 Å². The molecular formula is C27H32IN2O+. The first kappa shape index (κ1) is 23.3. The summed E-state index contributed by atoms with van der Waals surface area (Å²) in [6.07, 6.45) is 6.57. The fourth-order valence-corrected chi connectivity index (χ4v) is 4.40. The Labute approximate surface area is 203 Å². The molecule has 0 saturated carbocycles. The highest BCUT2D eigenvalue weighted by atomic mass is 127. The SMILES string of the molecule is CO/C(=C1/C=Cc2cc(C)ccc2N1C(C)C)c1cc[n+](C(C)C)c2ccccc12.I. The van der Waals surface area contributed by atoms with Crippen molar-refractivity contribution in [3.63, 3.8) is 0 Å². The number of ether oxygens (including phenoxy) is 1. The van der Waals surface area contributed by atoms with E-state index in [9.17, 15) is 0 Å². The Kier molecular flexibility index (Phi) is 7.10. The minimum absolute atomic E-state index is 0. The molecule has 0 aliphatic carbocycles. The molecule has 4 heteroatoms. The summed E-state index contributed by atoms with van der Waals surface area (Å²) in [7, 11) is 1.78. The first-order chi connectivity index (χ1) is 14.4. The lowest BCUT2D eigenvalue weighted by molar-refractivity contribution is -0.691. The minimum atomic E-state index is 0. The number of nitrogens with zero attached hydrogens (tertiary/aromatic N) is 2. The van der Waals surface area contributed by atoms with Crippen molar-refractivity contribution in [2.45, 2.75) is 46.7 Å². The molecule has 0 amide bonds. The van der Waals surface area contributed by atoms with Crippen molar-refractivity contribution < 1.29 is 9.30 Å². The maximum atomic E-state index is 6.08. The molecular weight excluding hydrogens is 495 g/mol. The Balaban J connectivity index is 0.00000272. The van der Waals surface area contributed by atoms with Crippen molar-refractivity contribution in [3.8, 4) is 0 Å². The minimum Gasteiger partial charge on any atom is -0.494 e. The third-order valence-electron chi connectivity index (χ3n) is 5.75. The summed E-state index contributed by atoms with van der Waals surface area (Å²) in [6, 6.07) is 18.1. The highest BCUT2D eigenvalue weighted by Crippen LogP contribution is 2.38. The van der Waals surface area contributed by atoms with Crippen molar-refractivity contribution in [2.24, 2.45) is 0 Å². The van der Waals surface area contributed by atoms with Gasteiger partial charge in [-0.05, 0) is 64.5 Å². The van der Waals surface area contributed by atoms with Gasteiger partial charge in [0.1, 0.15) is 0 Å². The summed E-state index contributed by atoms with van der Waals surface area (Å²) < 4.78 is 8.39. The molecule has 1 aliphatic heterocycles. The van der Waals surface area contributed by atoms with Gasteiger partial charge < -0.3 is 9.64 Å². The largest absolute Gasteiger partial charge is 0.494 e. The van der Waals surface area contributed by atoms with Gasteiger partial charge in [0.2, 0.25) is 5.52 Å². The van der Waals surface area contributed by atoms with E-state index in [4.69, 9.17) is 4.74 Å². The van der Waals surface area contributed by atoms with Crippen LogP contribution >= 0.6 is 24.0 Å². The number of methoxy groups -OCH3 is 1. The molecule has 4 rings (SSSR count). The number of fused-ring (bicyclic) bond motifs is 2. The Hall–Kier alpha value is -2.34. The highest BCUT2D eigenvalue weighted by molar-refractivity contribution is 14.0. The maximum Gasteiger partial charge on any atom is 0.213 e. The Morgan fingerprint density at radius 1 is 0.968 bits per heavy atom. The van der Waals surface area contributed by atoms with Gasteiger partial charge >= 0.3 is 0 Å². The van der Waals surface area contributed by atoms with Crippen molar-refractivity contribution in [2.75, 3.05) is 12.0 Å². The molecule has 0 unspecified atom stereocenters. The molecule has 0 bridgehead atoms. The zero-order chi connectivity index (χ0) is 21.4. The molecule has 0 saturated heterocycles. The van der Waals surface area contributed by atoms with Gasteiger partial charge in [0.05, 0.1) is 18.2 Å². The monoisotopic (exact) mass is 527 g/mol. The standard InChI is InChI=1S/C27H31N2O.HI/c1-18(2)28-16-15-23(22-9-7-8-10-25(22)28)27(30-6)26-14-12-21-17-20(5)11-13-24(21)29(26)19(3)4;/h7-19H,1-6H3;1H/q+1;. The molecule has 162 valence electrons. The van der Waals surface area contributed by atoms with E-state index in [0.29, 0.717) is 12.1 Å². The topological polar surface area (TPSA) is 16.4 Å². The second-order valence-electron chi connectivity index (χ2n) is 8.53. The van der Waals surface area contributed by atoms with E-state index in [0.717, 1.165) is 17.0 Å². The lowest BCUT2D eigenvalue weighted by atomic mass is 9.98. The lowest BCUT2D eigenvalue weighted by Gasteiger charge is -2.35. The van der Waals surface area contributed by atoms with Gasteiger partial charge in [-0.25, -0.2) is 0 Å². The van der Waals surface area contributed by atoms with Gasteiger partial charge in [-0.15, -0.1) is 24.0 Å². The first-order valence-electron chi connectivity index (χ1n) is 10.7. The Morgan fingerprint density at radius 3 is 2.39 bits per heavy atom. The molecule has 0 fully saturated rings. The van der Waals surface area contributed by atoms with E-state index in [-0.39, 0.29) is 24.0 Å². The summed E-state index contributed by atoms with van der Waals surface area (Å²) in [5.41, 5.74) is 7.17. The van der Waals surface area contributed by atoms with E-state index in [2.05, 4.69) is 111 Å². The quantitative estimate of drug-likeness (QED) is 0.209. The smallest absolute Gasteiger partial charge is 0.213 e. The lowest BCUT2D eigenvalue weighted by Crippen LogP contribution is -2.37. The van der Waals surface area contributed by atoms with Crippen LogP contribution in [0.5, 0.6) is 0 Å². The van der Waals surface area contributed by atoms with Crippen LogP contribution < -0.4 is 9.47 Å². The van der Waals surface area contributed by atoms with E-state index >= 15 is 0 Å². The molecule has 31 heavy (non-hydrogen) atoms. The summed E-state index contributed by atoms with van der Waals surface area (Å²) in [6.45, 7) is 11.0. The van der Waals surface area contributed by atoms with Crippen LogP contribution in [0, 0.1) is 6.92 Å². The molecule has 0 spiro atoms. The van der Waals surface area contributed by atoms with Crippen LogP contribution in [0.3, 0.4) is 0 Å². The number of hydrogen-bond donors (Lipinski definition) is 0. The average molecular weight is 527 g/mol. The van der Waals surface area contributed by atoms with Crippen LogP contribution in [0.2, 0.25) is 0 Å². The average Bonchev–Trinajstić information content (AvgIpc) is 2.73. The van der Waals surface area contributed by atoms with Crippen LogP contribution in [0.15, 0.2) is 66.5 Å². The molecule has 0 N–H and O–H groups in total. The molecule has 0 atom stereocenters. The van der Waals surface area contributed by atoms with Crippen LogP contribution in [-0.4, -0.2) is 13.2 Å². The van der Waals surface area contributed by atoms with Gasteiger partial charge in [-0.1, -0.05) is 29.8 Å². The van der Waals surface area contributed by atoms with Gasteiger partial charge in [0.15, 0.2) is 18.0 Å². The highest BCUT2D eigenvalue weighted by Gasteiger charge is 2.26. The van der Waals surface area contributed by atoms with Crippen molar-refractivity contribution in [1.29, 1.82) is 0 Å². The number of allylic oxidation sites excluding steroid dienone is 1. The number of halogens is 1. The van der Waals surface area contributed by atoms with Crippen LogP contribution in [-0.2, 0) is 4.74 Å². The van der Waals surface area contributed by atoms with Crippen LogP contribution in [0.4, 0.5) is 5.69 Å². The molecule has 3 nitrogen and oxygen atoms in total. The number of aromatic nitrogens is 1. The fraction of sp³-hybridized carbons (Fsp3) is 0.296. The number of anilines is 1. The summed E-state index contributed by atoms with van der Waals surface area (Å²) in [4.78, 5) is 2.38. The van der Waals surface area contributed by atoms with E-state index in [1.165, 1.54) is 27.7 Å².